The van der Waals surface area contributed by atoms with E-state index in [1.54, 1.807) is 0 Å². The van der Waals surface area contributed by atoms with Crippen molar-refractivity contribution < 1.29 is 0 Å². The normalized spacial score (nSPS) is 27.6. The van der Waals surface area contributed by atoms with Crippen molar-refractivity contribution in [1.29, 1.82) is 5.41 Å². The second-order valence-corrected chi connectivity index (χ2v) is 4.83. The molecule has 0 unspecified atom stereocenters. The van der Waals surface area contributed by atoms with Gasteiger partial charge in [-0.1, -0.05) is 23.8 Å². The minimum Gasteiger partial charge on any atom is -0.348 e. The van der Waals surface area contributed by atoms with E-state index in [0.29, 0.717) is 12.6 Å². The Balaban J connectivity index is 2.61. The maximum Gasteiger partial charge on any atom is 0.190 e. The molecule has 0 amide bonds. The first kappa shape index (κ1) is 13.8. The summed E-state index contributed by atoms with van der Waals surface area (Å²) in [6.45, 7) is 4.88. The summed E-state index contributed by atoms with van der Waals surface area (Å²) in [6.07, 6.45) is 9.74. The fourth-order valence-electron chi connectivity index (χ4n) is 2.05. The smallest absolute Gasteiger partial charge is 0.190 e. The van der Waals surface area contributed by atoms with Crippen molar-refractivity contribution >= 4 is 5.96 Å². The molecule has 1 atom stereocenters. The van der Waals surface area contributed by atoms with E-state index >= 15 is 0 Å². The van der Waals surface area contributed by atoms with Crippen molar-refractivity contribution in [3.63, 3.8) is 0 Å². The van der Waals surface area contributed by atoms with Gasteiger partial charge in [0, 0.05) is 0 Å². The molecular formula is C13H24N4. The quantitative estimate of drug-likeness (QED) is 0.261. The van der Waals surface area contributed by atoms with Crippen molar-refractivity contribution in [2.75, 3.05) is 13.7 Å². The molecule has 1 aliphatic rings. The molecule has 4 N–H and O–H groups in total. The van der Waals surface area contributed by atoms with Crippen LogP contribution in [0.15, 0.2) is 23.8 Å². The maximum atomic E-state index is 7.84. The summed E-state index contributed by atoms with van der Waals surface area (Å²) in [5, 5.41) is 17.0. The first-order valence-corrected chi connectivity index (χ1v) is 6.14. The Labute approximate surface area is 104 Å². The number of rotatable bonds is 3. The minimum atomic E-state index is -0.132. The zero-order valence-corrected chi connectivity index (χ0v) is 11.1. The molecule has 0 aromatic carbocycles. The van der Waals surface area contributed by atoms with Crippen LogP contribution in [0.1, 0.15) is 33.1 Å². The van der Waals surface area contributed by atoms with Gasteiger partial charge in [0.2, 0.25) is 0 Å². The molecule has 0 aliphatic heterocycles. The van der Waals surface area contributed by atoms with Crippen molar-refractivity contribution in [2.24, 2.45) is 0 Å². The van der Waals surface area contributed by atoms with Gasteiger partial charge in [-0.25, -0.2) is 0 Å². The topological polar surface area (TPSA) is 59.9 Å². The van der Waals surface area contributed by atoms with Crippen molar-refractivity contribution in [3.8, 4) is 0 Å². The highest BCUT2D eigenvalue weighted by Crippen LogP contribution is 2.20. The Morgan fingerprint density at radius 3 is 2.94 bits per heavy atom. The van der Waals surface area contributed by atoms with E-state index in [2.05, 4.69) is 48.0 Å². The first-order valence-electron chi connectivity index (χ1n) is 6.14. The largest absolute Gasteiger partial charge is 0.348 e. The summed E-state index contributed by atoms with van der Waals surface area (Å²) in [4.78, 5) is 0. The highest BCUT2D eigenvalue weighted by atomic mass is 15.2. The van der Waals surface area contributed by atoms with E-state index in [-0.39, 0.29) is 5.54 Å². The lowest BCUT2D eigenvalue weighted by molar-refractivity contribution is 0.468. The van der Waals surface area contributed by atoms with E-state index in [9.17, 15) is 0 Å². The second kappa shape index (κ2) is 6.45. The molecular weight excluding hydrogens is 212 g/mol. The van der Waals surface area contributed by atoms with E-state index in [1.807, 2.05) is 7.05 Å². The van der Waals surface area contributed by atoms with Gasteiger partial charge in [-0.15, -0.1) is 0 Å². The molecule has 1 rings (SSSR count). The van der Waals surface area contributed by atoms with Crippen LogP contribution in [0.2, 0.25) is 0 Å². The standard InChI is InChI=1S/C13H24N4/c1-11-7-5-4-6-8-13(2,9-11)17-12(14)16-10-15-3/h4-5,9,15H,6-8,10H2,1-3H3,(H3,14,16,17)/b5-4?,11-9-/t13-/m1/s1. The number of nitrogens with one attached hydrogen (secondary N) is 4. The predicted molar refractivity (Wildman–Crippen MR) is 73.1 cm³/mol. The third-order valence-corrected chi connectivity index (χ3v) is 2.85. The van der Waals surface area contributed by atoms with E-state index < -0.39 is 0 Å². The lowest BCUT2D eigenvalue weighted by Gasteiger charge is -2.30. The zero-order valence-electron chi connectivity index (χ0n) is 11.1. The van der Waals surface area contributed by atoms with Gasteiger partial charge < -0.3 is 16.0 Å². The molecule has 1 aliphatic carbocycles. The Bertz CT molecular complexity index is 319. The molecule has 0 radical (unpaired) electrons. The van der Waals surface area contributed by atoms with E-state index in [4.69, 9.17) is 5.41 Å². The summed E-state index contributed by atoms with van der Waals surface area (Å²) in [5.41, 5.74) is 1.21. The SMILES string of the molecule is CNCNC(=N)N[C@@]1(C)/C=C(/C)CC=CCC1. The Morgan fingerprint density at radius 1 is 1.47 bits per heavy atom. The van der Waals surface area contributed by atoms with E-state index in [1.165, 1.54) is 5.57 Å². The summed E-state index contributed by atoms with van der Waals surface area (Å²) in [7, 11) is 1.85. The van der Waals surface area contributed by atoms with Gasteiger partial charge in [0.05, 0.1) is 12.2 Å². The van der Waals surface area contributed by atoms with Crippen LogP contribution in [0.5, 0.6) is 0 Å². The van der Waals surface area contributed by atoms with Gasteiger partial charge in [-0.3, -0.25) is 5.41 Å². The number of guanidine groups is 1. The third-order valence-electron chi connectivity index (χ3n) is 2.85. The lowest BCUT2D eigenvalue weighted by atomic mass is 9.90. The lowest BCUT2D eigenvalue weighted by Crippen LogP contribution is -2.51. The molecule has 0 spiro atoms. The minimum absolute atomic E-state index is 0.132. The van der Waals surface area contributed by atoms with Gasteiger partial charge in [0.1, 0.15) is 0 Å². The summed E-state index contributed by atoms with van der Waals surface area (Å²) < 4.78 is 0. The average molecular weight is 236 g/mol. The van der Waals surface area contributed by atoms with Gasteiger partial charge in [0.25, 0.3) is 0 Å². The maximum absolute atomic E-state index is 7.84. The van der Waals surface area contributed by atoms with Gasteiger partial charge in [0.15, 0.2) is 5.96 Å². The van der Waals surface area contributed by atoms with Crippen molar-refractivity contribution in [2.45, 2.75) is 38.6 Å². The van der Waals surface area contributed by atoms with Crippen LogP contribution in [0.25, 0.3) is 0 Å². The zero-order chi connectivity index (χ0) is 12.7. The molecule has 4 nitrogen and oxygen atoms in total. The van der Waals surface area contributed by atoms with Crippen LogP contribution in [0.3, 0.4) is 0 Å². The highest BCUT2D eigenvalue weighted by Gasteiger charge is 2.22. The molecule has 96 valence electrons. The molecule has 0 heterocycles. The van der Waals surface area contributed by atoms with Crippen LogP contribution < -0.4 is 16.0 Å². The van der Waals surface area contributed by atoms with Crippen LogP contribution in [0.4, 0.5) is 0 Å². The highest BCUT2D eigenvalue weighted by molar-refractivity contribution is 5.77. The van der Waals surface area contributed by atoms with Crippen LogP contribution in [0, 0.1) is 5.41 Å². The second-order valence-electron chi connectivity index (χ2n) is 4.83. The van der Waals surface area contributed by atoms with Gasteiger partial charge in [-0.2, -0.15) is 0 Å². The summed E-state index contributed by atoms with van der Waals surface area (Å²) >= 11 is 0. The van der Waals surface area contributed by atoms with Gasteiger partial charge >= 0.3 is 0 Å². The summed E-state index contributed by atoms with van der Waals surface area (Å²) in [6, 6.07) is 0. The predicted octanol–water partition coefficient (Wildman–Crippen LogP) is 1.72. The van der Waals surface area contributed by atoms with E-state index in [0.717, 1.165) is 19.3 Å². The molecule has 0 saturated heterocycles. The van der Waals surface area contributed by atoms with Gasteiger partial charge in [-0.05, 0) is 40.2 Å². The molecule has 0 aromatic rings. The first-order chi connectivity index (χ1) is 8.06. The monoisotopic (exact) mass is 236 g/mol. The fourth-order valence-corrected chi connectivity index (χ4v) is 2.05. The molecule has 0 bridgehead atoms. The molecule has 0 fully saturated rings. The third kappa shape index (κ3) is 5.04. The molecule has 4 heteroatoms. The number of hydrogen-bond acceptors (Lipinski definition) is 2. The number of allylic oxidation sites excluding steroid dienone is 3. The average Bonchev–Trinajstić information content (AvgIpc) is 2.23. The molecule has 0 aromatic heterocycles. The van der Waals surface area contributed by atoms with Crippen molar-refractivity contribution in [3.05, 3.63) is 23.8 Å². The number of hydrogen-bond donors (Lipinski definition) is 4. The van der Waals surface area contributed by atoms with Crippen molar-refractivity contribution in [1.82, 2.24) is 16.0 Å². The fraction of sp³-hybridized carbons (Fsp3) is 0.615. The van der Waals surface area contributed by atoms with Crippen LogP contribution in [-0.4, -0.2) is 25.2 Å². The van der Waals surface area contributed by atoms with Crippen LogP contribution >= 0.6 is 0 Å². The summed E-state index contributed by atoms with van der Waals surface area (Å²) in [5.74, 6) is 0.371. The Kier molecular flexibility index (Phi) is 5.22. The molecule has 0 saturated carbocycles. The molecule has 17 heavy (non-hydrogen) atoms. The Morgan fingerprint density at radius 2 is 2.24 bits per heavy atom. The van der Waals surface area contributed by atoms with Crippen LogP contribution in [-0.2, 0) is 0 Å². The Hall–Kier alpha value is -1.29.